The zero-order valence-corrected chi connectivity index (χ0v) is 37.4. The van der Waals surface area contributed by atoms with E-state index in [1.807, 2.05) is 0 Å². The molecule has 1 aliphatic heterocycles. The largest absolute Gasteiger partial charge is 0.394 e. The van der Waals surface area contributed by atoms with Gasteiger partial charge >= 0.3 is 0 Å². The molecule has 0 aromatic carbocycles. The standard InChI is InChI=1S/C48H95NO8/c1-3-5-7-9-11-13-15-17-19-21-23-25-27-29-31-33-35-37-42(51)41(40-56-48-47(55)46(54)45(53)43(39-50)57-48)49-44(52)38-36-34-32-30-28-26-24-22-20-18-16-14-12-10-8-6-4-2/h41-43,45-48,50-51,53-55H,3-40H2,1-2H3,(H,49,52)/t41-,42+,43+,45+,46?,47?,48+/m0/s1. The van der Waals surface area contributed by atoms with Crippen LogP contribution in [0, 0.1) is 0 Å². The van der Waals surface area contributed by atoms with Crippen LogP contribution in [-0.2, 0) is 14.3 Å². The first-order chi connectivity index (χ1) is 27.8. The van der Waals surface area contributed by atoms with Gasteiger partial charge < -0.3 is 40.3 Å². The molecule has 340 valence electrons. The van der Waals surface area contributed by atoms with Crippen molar-refractivity contribution in [2.24, 2.45) is 0 Å². The van der Waals surface area contributed by atoms with Crippen LogP contribution >= 0.6 is 0 Å². The summed E-state index contributed by atoms with van der Waals surface area (Å²) < 4.78 is 11.3. The Morgan fingerprint density at radius 3 is 1.25 bits per heavy atom. The molecule has 1 aliphatic rings. The number of amides is 1. The quantitative estimate of drug-likeness (QED) is 0.0334. The first-order valence-electron chi connectivity index (χ1n) is 24.7. The van der Waals surface area contributed by atoms with Crippen molar-refractivity contribution < 1.29 is 39.8 Å². The van der Waals surface area contributed by atoms with Crippen molar-refractivity contribution >= 4 is 5.91 Å². The first kappa shape index (κ1) is 54.2. The molecule has 0 saturated carbocycles. The van der Waals surface area contributed by atoms with Crippen LogP contribution in [0.4, 0.5) is 0 Å². The van der Waals surface area contributed by atoms with Crippen molar-refractivity contribution in [3.05, 3.63) is 0 Å². The van der Waals surface area contributed by atoms with Gasteiger partial charge in [-0.3, -0.25) is 4.79 Å². The molecule has 0 bridgehead atoms. The summed E-state index contributed by atoms with van der Waals surface area (Å²) in [5.41, 5.74) is 0. The van der Waals surface area contributed by atoms with Crippen molar-refractivity contribution in [2.45, 2.75) is 288 Å². The van der Waals surface area contributed by atoms with Gasteiger partial charge in [0.25, 0.3) is 0 Å². The molecule has 7 atom stereocenters. The fourth-order valence-electron chi connectivity index (χ4n) is 8.22. The zero-order chi connectivity index (χ0) is 41.6. The zero-order valence-electron chi connectivity index (χ0n) is 37.4. The Hall–Kier alpha value is -0.810. The van der Waals surface area contributed by atoms with Gasteiger partial charge in [-0.05, 0) is 12.8 Å². The monoisotopic (exact) mass is 814 g/mol. The average Bonchev–Trinajstić information content (AvgIpc) is 3.21. The second-order valence-electron chi connectivity index (χ2n) is 17.6. The predicted molar refractivity (Wildman–Crippen MR) is 235 cm³/mol. The number of carbonyl (C=O) groups is 1. The number of aliphatic hydroxyl groups is 5. The molecule has 1 amide bonds. The summed E-state index contributed by atoms with van der Waals surface area (Å²) in [5, 5.41) is 54.4. The Morgan fingerprint density at radius 2 is 0.877 bits per heavy atom. The van der Waals surface area contributed by atoms with Gasteiger partial charge in [0.2, 0.25) is 5.91 Å². The highest BCUT2D eigenvalue weighted by Gasteiger charge is 2.44. The number of ether oxygens (including phenoxy) is 2. The number of aliphatic hydroxyl groups excluding tert-OH is 5. The van der Waals surface area contributed by atoms with Crippen LogP contribution in [0.25, 0.3) is 0 Å². The van der Waals surface area contributed by atoms with Crippen molar-refractivity contribution in [2.75, 3.05) is 13.2 Å². The van der Waals surface area contributed by atoms with Gasteiger partial charge in [-0.1, -0.05) is 226 Å². The van der Waals surface area contributed by atoms with Crippen LogP contribution in [0.15, 0.2) is 0 Å². The van der Waals surface area contributed by atoms with E-state index in [1.165, 1.54) is 180 Å². The lowest BCUT2D eigenvalue weighted by Crippen LogP contribution is -2.60. The average molecular weight is 814 g/mol. The lowest BCUT2D eigenvalue weighted by atomic mass is 9.99. The van der Waals surface area contributed by atoms with Gasteiger partial charge in [-0.2, -0.15) is 0 Å². The summed E-state index contributed by atoms with van der Waals surface area (Å²) in [4.78, 5) is 13.0. The summed E-state index contributed by atoms with van der Waals surface area (Å²) in [7, 11) is 0. The summed E-state index contributed by atoms with van der Waals surface area (Å²) in [5.74, 6) is -0.139. The van der Waals surface area contributed by atoms with E-state index in [0.29, 0.717) is 12.8 Å². The third-order valence-corrected chi connectivity index (χ3v) is 12.2. The molecule has 0 radical (unpaired) electrons. The molecule has 1 rings (SSSR count). The fourth-order valence-corrected chi connectivity index (χ4v) is 8.22. The molecule has 1 fully saturated rings. The minimum atomic E-state index is -1.55. The molecular formula is C48H95NO8. The van der Waals surface area contributed by atoms with Gasteiger partial charge in [0.15, 0.2) is 6.29 Å². The molecular weight excluding hydrogens is 719 g/mol. The van der Waals surface area contributed by atoms with E-state index < -0.39 is 49.5 Å². The second-order valence-corrected chi connectivity index (χ2v) is 17.6. The predicted octanol–water partition coefficient (Wildman–Crippen LogP) is 10.7. The maximum atomic E-state index is 13.0. The topological polar surface area (TPSA) is 149 Å². The van der Waals surface area contributed by atoms with Gasteiger partial charge in [-0.15, -0.1) is 0 Å². The van der Waals surface area contributed by atoms with Gasteiger partial charge in [0, 0.05) is 6.42 Å². The number of hydrogen-bond acceptors (Lipinski definition) is 8. The molecule has 0 aromatic rings. The van der Waals surface area contributed by atoms with E-state index in [1.54, 1.807) is 0 Å². The highest BCUT2D eigenvalue weighted by molar-refractivity contribution is 5.76. The second kappa shape index (κ2) is 39.3. The van der Waals surface area contributed by atoms with Crippen LogP contribution in [-0.4, -0.2) is 87.5 Å². The lowest BCUT2D eigenvalue weighted by molar-refractivity contribution is -0.302. The van der Waals surface area contributed by atoms with E-state index in [4.69, 9.17) is 9.47 Å². The smallest absolute Gasteiger partial charge is 0.220 e. The molecule has 9 heteroatoms. The van der Waals surface area contributed by atoms with Crippen molar-refractivity contribution in [1.82, 2.24) is 5.32 Å². The minimum absolute atomic E-state index is 0.131. The van der Waals surface area contributed by atoms with Crippen molar-refractivity contribution in [1.29, 1.82) is 0 Å². The van der Waals surface area contributed by atoms with E-state index in [-0.39, 0.29) is 12.5 Å². The van der Waals surface area contributed by atoms with Crippen LogP contribution in [0.5, 0.6) is 0 Å². The van der Waals surface area contributed by atoms with E-state index in [2.05, 4.69) is 19.2 Å². The first-order valence-corrected chi connectivity index (χ1v) is 24.7. The summed E-state index contributed by atoms with van der Waals surface area (Å²) in [6.07, 6.45) is 36.8. The van der Waals surface area contributed by atoms with E-state index >= 15 is 0 Å². The minimum Gasteiger partial charge on any atom is -0.394 e. The normalized spacial score (nSPS) is 20.9. The third-order valence-electron chi connectivity index (χ3n) is 12.2. The molecule has 2 unspecified atom stereocenters. The Kier molecular flexibility index (Phi) is 37.4. The number of rotatable bonds is 42. The van der Waals surface area contributed by atoms with Gasteiger partial charge in [-0.25, -0.2) is 0 Å². The highest BCUT2D eigenvalue weighted by Crippen LogP contribution is 2.23. The van der Waals surface area contributed by atoms with Crippen LogP contribution < -0.4 is 5.32 Å². The van der Waals surface area contributed by atoms with Crippen LogP contribution in [0.2, 0.25) is 0 Å². The molecule has 1 saturated heterocycles. The Labute approximate surface area is 351 Å². The third kappa shape index (κ3) is 30.0. The van der Waals surface area contributed by atoms with Crippen LogP contribution in [0.1, 0.15) is 245 Å². The Balaban J connectivity index is 2.28. The van der Waals surface area contributed by atoms with E-state index in [9.17, 15) is 30.3 Å². The molecule has 0 aromatic heterocycles. The van der Waals surface area contributed by atoms with Crippen molar-refractivity contribution in [3.63, 3.8) is 0 Å². The van der Waals surface area contributed by atoms with Gasteiger partial charge in [0.05, 0.1) is 25.4 Å². The maximum absolute atomic E-state index is 13.0. The molecule has 1 heterocycles. The Morgan fingerprint density at radius 1 is 0.526 bits per heavy atom. The van der Waals surface area contributed by atoms with Gasteiger partial charge in [0.1, 0.15) is 24.4 Å². The van der Waals surface area contributed by atoms with E-state index in [0.717, 1.165) is 38.5 Å². The molecule has 57 heavy (non-hydrogen) atoms. The summed E-state index contributed by atoms with van der Waals surface area (Å²) in [6, 6.07) is -0.711. The summed E-state index contributed by atoms with van der Waals surface area (Å²) >= 11 is 0. The summed E-state index contributed by atoms with van der Waals surface area (Å²) in [6.45, 7) is 3.86. The number of carbonyl (C=O) groups excluding carboxylic acids is 1. The highest BCUT2D eigenvalue weighted by atomic mass is 16.7. The number of hydrogen-bond donors (Lipinski definition) is 6. The SMILES string of the molecule is CCCCCCCCCCCCCCCCCCCC(=O)N[C@@H](CO[C@@H]1O[C@H](CO)[C@@H](O)C(O)C1O)[C@H](O)CCCCCCCCCCCCCCCCCCC. The fraction of sp³-hybridized carbons (Fsp3) is 0.979. The molecule has 0 spiro atoms. The lowest BCUT2D eigenvalue weighted by Gasteiger charge is -2.40. The number of unbranched alkanes of at least 4 members (excludes halogenated alkanes) is 32. The molecule has 6 N–H and O–H groups in total. The Bertz CT molecular complexity index is 862. The maximum Gasteiger partial charge on any atom is 0.220 e. The van der Waals surface area contributed by atoms with Crippen LogP contribution in [0.3, 0.4) is 0 Å². The molecule has 9 nitrogen and oxygen atoms in total. The number of nitrogens with one attached hydrogen (secondary N) is 1. The molecule has 0 aliphatic carbocycles. The van der Waals surface area contributed by atoms with Crippen molar-refractivity contribution in [3.8, 4) is 0 Å².